The van der Waals surface area contributed by atoms with Gasteiger partial charge in [-0.15, -0.1) is 0 Å². The SMILES string of the molecule is COC(=O)[C@@H](CNC(=O)c1ccc(N(Cc2cccc(Cl)c2Cl)S(C)(=O)=O)cc1)NC(=O)OC(C)(C)C. The fraction of sp³-hybridized carbons (Fsp3) is 0.375. The number of amides is 2. The van der Waals surface area contributed by atoms with Crippen LogP contribution >= 0.6 is 23.2 Å². The Balaban J connectivity index is 2.14. The van der Waals surface area contributed by atoms with E-state index in [1.807, 2.05) is 0 Å². The van der Waals surface area contributed by atoms with Gasteiger partial charge in [0.25, 0.3) is 5.91 Å². The largest absolute Gasteiger partial charge is 0.467 e. The van der Waals surface area contributed by atoms with Crippen LogP contribution in [0.15, 0.2) is 42.5 Å². The highest BCUT2D eigenvalue weighted by molar-refractivity contribution is 7.92. The average molecular weight is 574 g/mol. The van der Waals surface area contributed by atoms with E-state index in [9.17, 15) is 22.8 Å². The molecule has 1 atom stereocenters. The molecule has 0 bridgehead atoms. The molecule has 10 nitrogen and oxygen atoms in total. The van der Waals surface area contributed by atoms with Crippen molar-refractivity contribution in [1.29, 1.82) is 0 Å². The first-order valence-electron chi connectivity index (χ1n) is 11.0. The van der Waals surface area contributed by atoms with Gasteiger partial charge in [0.1, 0.15) is 11.6 Å². The van der Waals surface area contributed by atoms with E-state index in [0.29, 0.717) is 16.3 Å². The Hall–Kier alpha value is -3.02. The lowest BCUT2D eigenvalue weighted by atomic mass is 10.1. The van der Waals surface area contributed by atoms with Crippen LogP contribution in [0, 0.1) is 0 Å². The number of nitrogens with one attached hydrogen (secondary N) is 2. The summed E-state index contributed by atoms with van der Waals surface area (Å²) in [6, 6.07) is 9.52. The zero-order valence-corrected chi connectivity index (χ0v) is 23.3. The molecule has 0 heterocycles. The van der Waals surface area contributed by atoms with Gasteiger partial charge in [-0.25, -0.2) is 18.0 Å². The zero-order valence-electron chi connectivity index (χ0n) is 21.0. The van der Waals surface area contributed by atoms with Crippen molar-refractivity contribution >= 4 is 56.9 Å². The maximum absolute atomic E-state index is 12.7. The Labute approximate surface area is 226 Å². The minimum absolute atomic E-state index is 0.0685. The van der Waals surface area contributed by atoms with Crippen LogP contribution in [0.1, 0.15) is 36.7 Å². The van der Waals surface area contributed by atoms with Crippen molar-refractivity contribution in [3.8, 4) is 0 Å². The van der Waals surface area contributed by atoms with Gasteiger partial charge >= 0.3 is 12.1 Å². The van der Waals surface area contributed by atoms with Gasteiger partial charge in [-0.1, -0.05) is 35.3 Å². The average Bonchev–Trinajstić information content (AvgIpc) is 2.80. The molecule has 0 aliphatic carbocycles. The summed E-state index contributed by atoms with van der Waals surface area (Å²) in [4.78, 5) is 36.7. The minimum atomic E-state index is -3.71. The van der Waals surface area contributed by atoms with Gasteiger partial charge in [0.05, 0.1) is 35.6 Å². The van der Waals surface area contributed by atoms with Crippen LogP contribution in [0.4, 0.5) is 10.5 Å². The van der Waals surface area contributed by atoms with E-state index in [1.54, 1.807) is 39.0 Å². The molecule has 37 heavy (non-hydrogen) atoms. The monoisotopic (exact) mass is 573 g/mol. The van der Waals surface area contributed by atoms with Gasteiger partial charge < -0.3 is 20.1 Å². The molecular formula is C24H29Cl2N3O7S. The smallest absolute Gasteiger partial charge is 0.408 e. The highest BCUT2D eigenvalue weighted by Gasteiger charge is 2.26. The lowest BCUT2D eigenvalue weighted by Gasteiger charge is -2.24. The quantitative estimate of drug-likeness (QED) is 0.436. The Morgan fingerprint density at radius 2 is 1.68 bits per heavy atom. The summed E-state index contributed by atoms with van der Waals surface area (Å²) in [7, 11) is -2.56. The first kappa shape index (κ1) is 30.2. The zero-order chi connectivity index (χ0) is 28.0. The number of alkyl carbamates (subject to hydrolysis) is 1. The third-order valence-electron chi connectivity index (χ3n) is 4.81. The number of carbonyl (C=O) groups is 3. The lowest BCUT2D eigenvalue weighted by molar-refractivity contribution is -0.142. The predicted octanol–water partition coefficient (Wildman–Crippen LogP) is 3.76. The van der Waals surface area contributed by atoms with Gasteiger partial charge in [0, 0.05) is 12.1 Å². The predicted molar refractivity (Wildman–Crippen MR) is 141 cm³/mol. The Kier molecular flexibility index (Phi) is 10.2. The molecule has 0 aliphatic heterocycles. The van der Waals surface area contributed by atoms with Crippen LogP contribution in [0.3, 0.4) is 0 Å². The van der Waals surface area contributed by atoms with Crippen LogP contribution in [0.25, 0.3) is 0 Å². The summed E-state index contributed by atoms with van der Waals surface area (Å²) in [5.41, 5.74) is 0.217. The molecule has 2 amide bonds. The highest BCUT2D eigenvalue weighted by atomic mass is 35.5. The normalized spacial score (nSPS) is 12.3. The number of nitrogens with zero attached hydrogens (tertiary/aromatic N) is 1. The number of esters is 1. The molecule has 0 aromatic heterocycles. The number of methoxy groups -OCH3 is 1. The summed E-state index contributed by atoms with van der Waals surface area (Å²) in [5, 5.41) is 5.44. The number of sulfonamides is 1. The lowest BCUT2D eigenvalue weighted by Crippen LogP contribution is -2.50. The van der Waals surface area contributed by atoms with Crippen molar-refractivity contribution in [2.75, 3.05) is 24.2 Å². The number of hydrogen-bond donors (Lipinski definition) is 2. The van der Waals surface area contributed by atoms with Crippen LogP contribution in [0.5, 0.6) is 0 Å². The Morgan fingerprint density at radius 1 is 1.05 bits per heavy atom. The van der Waals surface area contributed by atoms with Gasteiger partial charge in [0.15, 0.2) is 0 Å². The maximum Gasteiger partial charge on any atom is 0.408 e. The van der Waals surface area contributed by atoms with Gasteiger partial charge in [-0.2, -0.15) is 0 Å². The first-order valence-corrected chi connectivity index (χ1v) is 13.6. The topological polar surface area (TPSA) is 131 Å². The van der Waals surface area contributed by atoms with Crippen LogP contribution in [-0.2, 0) is 30.8 Å². The molecule has 2 aromatic rings. The van der Waals surface area contributed by atoms with E-state index >= 15 is 0 Å². The summed E-state index contributed by atoms with van der Waals surface area (Å²) < 4.78 is 35.9. The van der Waals surface area contributed by atoms with Gasteiger partial charge in [0.2, 0.25) is 10.0 Å². The second kappa shape index (κ2) is 12.5. The molecule has 0 saturated heterocycles. The number of rotatable bonds is 9. The summed E-state index contributed by atoms with van der Waals surface area (Å²) >= 11 is 12.3. The molecule has 0 fully saturated rings. The van der Waals surface area contributed by atoms with Crippen molar-refractivity contribution in [3.05, 3.63) is 63.6 Å². The van der Waals surface area contributed by atoms with Crippen molar-refractivity contribution in [3.63, 3.8) is 0 Å². The highest BCUT2D eigenvalue weighted by Crippen LogP contribution is 2.29. The number of ether oxygens (including phenoxy) is 2. The van der Waals surface area contributed by atoms with Crippen molar-refractivity contribution in [1.82, 2.24) is 10.6 Å². The molecule has 13 heteroatoms. The van der Waals surface area contributed by atoms with Crippen LogP contribution in [0.2, 0.25) is 10.0 Å². The molecule has 0 radical (unpaired) electrons. The fourth-order valence-electron chi connectivity index (χ4n) is 3.09. The molecule has 0 unspecified atom stereocenters. The fourth-order valence-corrected chi connectivity index (χ4v) is 4.34. The number of hydrogen-bond acceptors (Lipinski definition) is 7. The third kappa shape index (κ3) is 9.10. The van der Waals surface area contributed by atoms with Crippen molar-refractivity contribution in [2.24, 2.45) is 0 Å². The summed E-state index contributed by atoms with van der Waals surface area (Å²) in [5.74, 6) is -1.33. The molecule has 2 aromatic carbocycles. The van der Waals surface area contributed by atoms with E-state index in [-0.39, 0.29) is 23.7 Å². The second-order valence-electron chi connectivity index (χ2n) is 8.96. The number of benzene rings is 2. The van der Waals surface area contributed by atoms with E-state index < -0.39 is 39.6 Å². The van der Waals surface area contributed by atoms with E-state index in [0.717, 1.165) is 17.7 Å². The van der Waals surface area contributed by atoms with E-state index in [4.69, 9.17) is 27.9 Å². The van der Waals surface area contributed by atoms with Crippen LogP contribution in [-0.4, -0.2) is 57.9 Å². The summed E-state index contributed by atoms with van der Waals surface area (Å²) in [6.07, 6.45) is 0.207. The van der Waals surface area contributed by atoms with E-state index in [1.165, 1.54) is 24.3 Å². The van der Waals surface area contributed by atoms with E-state index in [2.05, 4.69) is 15.4 Å². The number of carbonyl (C=O) groups excluding carboxylic acids is 3. The molecule has 0 spiro atoms. The first-order chi connectivity index (χ1) is 17.1. The van der Waals surface area contributed by atoms with Crippen molar-refractivity contribution in [2.45, 2.75) is 39.0 Å². The molecular weight excluding hydrogens is 545 g/mol. The molecule has 202 valence electrons. The maximum atomic E-state index is 12.7. The molecule has 0 saturated carbocycles. The standard InChI is InChI=1S/C24H29Cl2N3O7S/c1-24(2,3)36-23(32)28-19(22(31)35-4)13-27-21(30)15-9-11-17(12-10-15)29(37(5,33)34)14-16-7-6-8-18(25)20(16)26/h6-12,19H,13-14H2,1-5H3,(H,27,30)(H,28,32)/t19-/m1/s1. The number of halogens is 2. The Morgan fingerprint density at radius 3 is 2.22 bits per heavy atom. The minimum Gasteiger partial charge on any atom is -0.467 e. The van der Waals surface area contributed by atoms with Gasteiger partial charge in [-0.05, 0) is 56.7 Å². The second-order valence-corrected chi connectivity index (χ2v) is 11.7. The number of anilines is 1. The van der Waals surface area contributed by atoms with Gasteiger partial charge in [-0.3, -0.25) is 9.10 Å². The molecule has 0 aliphatic rings. The van der Waals surface area contributed by atoms with Crippen molar-refractivity contribution < 1.29 is 32.3 Å². The third-order valence-corrected chi connectivity index (χ3v) is 6.81. The Bertz CT molecular complexity index is 1250. The van der Waals surface area contributed by atoms with Crippen LogP contribution < -0.4 is 14.9 Å². The summed E-state index contributed by atoms with van der Waals surface area (Å²) in [6.45, 7) is 4.66. The molecule has 2 N–H and O–H groups in total. The molecule has 2 rings (SSSR count).